The highest BCUT2D eigenvalue weighted by Crippen LogP contribution is 2.32. The van der Waals surface area contributed by atoms with Gasteiger partial charge in [0.05, 0.1) is 11.1 Å². The molecule has 8 heteroatoms. The number of aryl methyl sites for hydroxylation is 1. The molecule has 0 atom stereocenters. The van der Waals surface area contributed by atoms with Crippen LogP contribution in [0.3, 0.4) is 0 Å². The Morgan fingerprint density at radius 1 is 1.14 bits per heavy atom. The number of furan rings is 1. The number of nitrogens with zero attached hydrogens (tertiary/aromatic N) is 2. The normalized spacial score (nSPS) is 10.8. The lowest BCUT2D eigenvalue weighted by molar-refractivity contribution is -0.385. The fourth-order valence-corrected chi connectivity index (χ4v) is 2.69. The van der Waals surface area contributed by atoms with Crippen molar-refractivity contribution in [1.82, 2.24) is 5.43 Å². The monoisotopic (exact) mass is 378 g/mol. The molecule has 0 radical (unpaired) electrons. The second-order valence-electron chi connectivity index (χ2n) is 6.11. The maximum absolute atomic E-state index is 11.8. The molecule has 0 aliphatic heterocycles. The van der Waals surface area contributed by atoms with E-state index in [1.807, 2.05) is 12.1 Å². The number of urea groups is 1. The molecule has 0 bridgehead atoms. The number of hydrazone groups is 1. The van der Waals surface area contributed by atoms with Crippen LogP contribution in [0.2, 0.25) is 0 Å². The number of carbonyl (C=O) groups excluding carboxylic acids is 1. The van der Waals surface area contributed by atoms with Crippen molar-refractivity contribution in [2.24, 2.45) is 5.10 Å². The molecule has 142 valence electrons. The Bertz CT molecular complexity index is 1040. The molecule has 0 saturated heterocycles. The molecule has 3 rings (SSSR count). The number of benzene rings is 2. The average molecular weight is 378 g/mol. The molecule has 0 aliphatic carbocycles. The quantitative estimate of drug-likeness (QED) is 0.383. The van der Waals surface area contributed by atoms with Crippen LogP contribution in [0.5, 0.6) is 0 Å². The summed E-state index contributed by atoms with van der Waals surface area (Å²) in [5.41, 5.74) is 4.96. The first-order valence-corrected chi connectivity index (χ1v) is 8.45. The highest BCUT2D eigenvalue weighted by molar-refractivity contribution is 5.90. The number of hydrogen-bond donors (Lipinski definition) is 2. The Balaban J connectivity index is 1.70. The maximum atomic E-state index is 11.8. The third-order valence-electron chi connectivity index (χ3n) is 4.00. The Kier molecular flexibility index (Phi) is 5.50. The van der Waals surface area contributed by atoms with Crippen molar-refractivity contribution in [3.8, 4) is 11.3 Å². The highest BCUT2D eigenvalue weighted by atomic mass is 16.6. The largest absolute Gasteiger partial charge is 0.455 e. The van der Waals surface area contributed by atoms with Crippen molar-refractivity contribution in [2.45, 2.75) is 13.8 Å². The molecule has 3 aromatic rings. The SMILES string of the molecule is Cc1cc(-c2ccc(/C=N/NC(=O)Nc3ccccc3)o2)c(C)c([N+](=O)[O-])c1. The second-order valence-corrected chi connectivity index (χ2v) is 6.11. The molecule has 0 unspecified atom stereocenters. The highest BCUT2D eigenvalue weighted by Gasteiger charge is 2.18. The third kappa shape index (κ3) is 4.42. The summed E-state index contributed by atoms with van der Waals surface area (Å²) in [5.74, 6) is 0.887. The Hall–Kier alpha value is -3.94. The summed E-state index contributed by atoms with van der Waals surface area (Å²) in [4.78, 5) is 22.6. The number of nitro groups is 1. The first kappa shape index (κ1) is 18.8. The van der Waals surface area contributed by atoms with Crippen LogP contribution in [0.15, 0.2) is 64.1 Å². The van der Waals surface area contributed by atoms with Crippen molar-refractivity contribution >= 4 is 23.6 Å². The fourth-order valence-electron chi connectivity index (χ4n) is 2.69. The Labute approximate surface area is 161 Å². The molecule has 1 aromatic heterocycles. The van der Waals surface area contributed by atoms with Crippen LogP contribution < -0.4 is 10.7 Å². The van der Waals surface area contributed by atoms with Crippen LogP contribution in [-0.2, 0) is 0 Å². The van der Waals surface area contributed by atoms with Gasteiger partial charge in [-0.25, -0.2) is 10.2 Å². The van der Waals surface area contributed by atoms with Crippen molar-refractivity contribution in [3.05, 3.63) is 81.6 Å². The van der Waals surface area contributed by atoms with E-state index in [-0.39, 0.29) is 5.69 Å². The van der Waals surface area contributed by atoms with E-state index in [2.05, 4.69) is 15.8 Å². The number of nitro benzene ring substituents is 1. The fraction of sp³-hybridized carbons (Fsp3) is 0.100. The van der Waals surface area contributed by atoms with E-state index in [1.54, 1.807) is 50.2 Å². The van der Waals surface area contributed by atoms with Gasteiger partial charge in [0.15, 0.2) is 0 Å². The third-order valence-corrected chi connectivity index (χ3v) is 4.00. The summed E-state index contributed by atoms with van der Waals surface area (Å²) in [5, 5.41) is 17.7. The van der Waals surface area contributed by atoms with Gasteiger partial charge in [-0.3, -0.25) is 10.1 Å². The van der Waals surface area contributed by atoms with Gasteiger partial charge in [-0.2, -0.15) is 5.10 Å². The smallest absolute Gasteiger partial charge is 0.339 e. The van der Waals surface area contributed by atoms with E-state index in [9.17, 15) is 14.9 Å². The van der Waals surface area contributed by atoms with Gasteiger partial charge in [-0.1, -0.05) is 18.2 Å². The molecule has 2 amide bonds. The molecular weight excluding hydrogens is 360 g/mol. The molecule has 0 saturated carbocycles. The lowest BCUT2D eigenvalue weighted by Crippen LogP contribution is -2.24. The van der Waals surface area contributed by atoms with Gasteiger partial charge in [0.2, 0.25) is 0 Å². The molecule has 8 nitrogen and oxygen atoms in total. The number of rotatable bonds is 5. The number of nitrogens with one attached hydrogen (secondary N) is 2. The molecule has 0 aliphatic rings. The van der Waals surface area contributed by atoms with Gasteiger partial charge in [-0.05, 0) is 49.7 Å². The van der Waals surface area contributed by atoms with Gasteiger partial charge < -0.3 is 9.73 Å². The molecule has 0 spiro atoms. The van der Waals surface area contributed by atoms with E-state index >= 15 is 0 Å². The molecule has 2 N–H and O–H groups in total. The van der Waals surface area contributed by atoms with Gasteiger partial charge in [0.25, 0.3) is 5.69 Å². The van der Waals surface area contributed by atoms with E-state index < -0.39 is 11.0 Å². The number of hydrogen-bond acceptors (Lipinski definition) is 5. The van der Waals surface area contributed by atoms with Crippen LogP contribution in [0.25, 0.3) is 11.3 Å². The van der Waals surface area contributed by atoms with Gasteiger partial charge in [0.1, 0.15) is 11.5 Å². The summed E-state index contributed by atoms with van der Waals surface area (Å²) in [7, 11) is 0. The van der Waals surface area contributed by atoms with E-state index in [0.717, 1.165) is 5.56 Å². The molecule has 28 heavy (non-hydrogen) atoms. The molecular formula is C20H18N4O4. The maximum Gasteiger partial charge on any atom is 0.339 e. The van der Waals surface area contributed by atoms with Crippen LogP contribution in [0.1, 0.15) is 16.9 Å². The minimum atomic E-state index is -0.487. The van der Waals surface area contributed by atoms with Crippen molar-refractivity contribution < 1.29 is 14.1 Å². The van der Waals surface area contributed by atoms with Crippen molar-refractivity contribution in [1.29, 1.82) is 0 Å². The van der Waals surface area contributed by atoms with E-state index in [1.165, 1.54) is 12.3 Å². The zero-order valence-electron chi connectivity index (χ0n) is 15.3. The van der Waals surface area contributed by atoms with Crippen LogP contribution in [0, 0.1) is 24.0 Å². The van der Waals surface area contributed by atoms with Gasteiger partial charge in [-0.15, -0.1) is 0 Å². The summed E-state index contributed by atoms with van der Waals surface area (Å²) in [6, 6.07) is 15.2. The summed E-state index contributed by atoms with van der Waals surface area (Å²) < 4.78 is 5.70. The first-order chi connectivity index (χ1) is 13.4. The first-order valence-electron chi connectivity index (χ1n) is 8.45. The predicted octanol–water partition coefficient (Wildman–Crippen LogP) is 4.63. The zero-order chi connectivity index (χ0) is 20.1. The molecule has 2 aromatic carbocycles. The minimum absolute atomic E-state index is 0.0425. The van der Waals surface area contributed by atoms with Crippen LogP contribution >= 0.6 is 0 Å². The van der Waals surface area contributed by atoms with Crippen molar-refractivity contribution in [2.75, 3.05) is 5.32 Å². The summed E-state index contributed by atoms with van der Waals surface area (Å²) >= 11 is 0. The standard InChI is InChI=1S/C20H18N4O4/c1-13-10-17(14(2)18(11-13)24(26)27)19-9-8-16(28-19)12-21-23-20(25)22-15-6-4-3-5-7-15/h3-12H,1-2H3,(H2,22,23,25)/b21-12+. The topological polar surface area (TPSA) is 110 Å². The zero-order valence-corrected chi connectivity index (χ0v) is 15.3. The summed E-state index contributed by atoms with van der Waals surface area (Å²) in [6.07, 6.45) is 1.35. The van der Waals surface area contributed by atoms with E-state index in [0.29, 0.717) is 28.3 Å². The van der Waals surface area contributed by atoms with Crippen LogP contribution in [0.4, 0.5) is 16.2 Å². The second kappa shape index (κ2) is 8.17. The lowest BCUT2D eigenvalue weighted by Gasteiger charge is -2.05. The minimum Gasteiger partial charge on any atom is -0.455 e. The number of carbonyl (C=O) groups is 1. The van der Waals surface area contributed by atoms with Crippen molar-refractivity contribution in [3.63, 3.8) is 0 Å². The van der Waals surface area contributed by atoms with E-state index in [4.69, 9.17) is 4.42 Å². The Morgan fingerprint density at radius 3 is 2.61 bits per heavy atom. The van der Waals surface area contributed by atoms with Gasteiger partial charge in [0, 0.05) is 22.9 Å². The number of anilines is 1. The number of amides is 2. The lowest BCUT2D eigenvalue weighted by atomic mass is 10.0. The molecule has 1 heterocycles. The average Bonchev–Trinajstić information content (AvgIpc) is 3.12. The van der Waals surface area contributed by atoms with Crippen LogP contribution in [-0.4, -0.2) is 17.2 Å². The summed E-state index contributed by atoms with van der Waals surface area (Å²) in [6.45, 7) is 3.47. The number of para-hydroxylation sites is 1. The van der Waals surface area contributed by atoms with Gasteiger partial charge >= 0.3 is 6.03 Å². The molecule has 0 fully saturated rings. The Morgan fingerprint density at radius 2 is 1.89 bits per heavy atom. The predicted molar refractivity (Wildman–Crippen MR) is 106 cm³/mol.